The quantitative estimate of drug-likeness (QED) is 0.693. The van der Waals surface area contributed by atoms with Gasteiger partial charge in [-0.25, -0.2) is 0 Å². The Kier molecular flexibility index (Phi) is 5.94. The van der Waals surface area contributed by atoms with Crippen molar-refractivity contribution in [2.75, 3.05) is 19.8 Å². The van der Waals surface area contributed by atoms with Crippen molar-refractivity contribution in [1.82, 2.24) is 10.2 Å². The average molecular weight is 417 g/mol. The minimum atomic E-state index is -0.279. The number of halogens is 1. The van der Waals surface area contributed by atoms with Crippen LogP contribution in [0.25, 0.3) is 0 Å². The summed E-state index contributed by atoms with van der Waals surface area (Å²) in [5.74, 6) is -0.786. The fourth-order valence-corrected chi connectivity index (χ4v) is 4.21. The molecule has 0 saturated carbocycles. The molecule has 2 saturated heterocycles. The zero-order valence-electron chi connectivity index (χ0n) is 16.1. The first-order valence-corrected chi connectivity index (χ1v) is 10.3. The zero-order chi connectivity index (χ0) is 20.4. The molecule has 4 rings (SSSR count). The third-order valence-corrected chi connectivity index (χ3v) is 6.00. The van der Waals surface area contributed by atoms with E-state index in [0.717, 1.165) is 50.7 Å². The predicted octanol–water partition coefficient (Wildman–Crippen LogP) is 3.61. The van der Waals surface area contributed by atoms with Crippen LogP contribution in [0.4, 0.5) is 0 Å². The molecule has 2 aliphatic rings. The van der Waals surface area contributed by atoms with E-state index in [9.17, 15) is 15.0 Å². The van der Waals surface area contributed by atoms with Gasteiger partial charge in [0, 0.05) is 31.8 Å². The summed E-state index contributed by atoms with van der Waals surface area (Å²) in [6, 6.07) is 11.1. The normalized spacial score (nSPS) is 21.6. The molecule has 0 radical (unpaired) electrons. The standard InChI is InChI=1S/C22H25ClN2O4/c23-18-10-17(20(26)11-21(18)27)22(28)25-8-1-2-19(25)15-5-3-14(4-6-15)12-24-16-7-9-29-13-16/h3-6,10-11,16,19,24,26-27H,1-2,7-9,12-13H2/t16-,19?/m0/s1. The maximum Gasteiger partial charge on any atom is 0.258 e. The number of phenolic OH excluding ortho intramolecular Hbond substituents is 2. The molecule has 1 amide bonds. The highest BCUT2D eigenvalue weighted by molar-refractivity contribution is 6.32. The fraction of sp³-hybridized carbons (Fsp3) is 0.409. The van der Waals surface area contributed by atoms with Gasteiger partial charge in [0.05, 0.1) is 23.2 Å². The highest BCUT2D eigenvalue weighted by atomic mass is 35.5. The first-order chi connectivity index (χ1) is 14.0. The van der Waals surface area contributed by atoms with Crippen molar-refractivity contribution in [3.8, 4) is 11.5 Å². The highest BCUT2D eigenvalue weighted by Gasteiger charge is 2.32. The lowest BCUT2D eigenvalue weighted by Gasteiger charge is -2.26. The number of nitrogens with one attached hydrogen (secondary N) is 1. The van der Waals surface area contributed by atoms with Crippen LogP contribution in [0.2, 0.25) is 5.02 Å². The highest BCUT2D eigenvalue weighted by Crippen LogP contribution is 2.37. The van der Waals surface area contributed by atoms with Gasteiger partial charge < -0.3 is 25.2 Å². The summed E-state index contributed by atoms with van der Waals surface area (Å²) in [6.45, 7) is 3.00. The van der Waals surface area contributed by atoms with E-state index < -0.39 is 0 Å². The number of carbonyl (C=O) groups is 1. The fourth-order valence-electron chi connectivity index (χ4n) is 4.05. The van der Waals surface area contributed by atoms with E-state index in [4.69, 9.17) is 16.3 Å². The number of hydrogen-bond donors (Lipinski definition) is 3. The van der Waals surface area contributed by atoms with Crippen LogP contribution in [0.5, 0.6) is 11.5 Å². The smallest absolute Gasteiger partial charge is 0.258 e. The van der Waals surface area contributed by atoms with Crippen LogP contribution in [0.1, 0.15) is 46.8 Å². The van der Waals surface area contributed by atoms with Gasteiger partial charge in [-0.1, -0.05) is 35.9 Å². The summed E-state index contributed by atoms with van der Waals surface area (Å²) in [5.41, 5.74) is 2.38. The first kappa shape index (κ1) is 20.0. The number of carbonyl (C=O) groups excluding carboxylic acids is 1. The van der Waals surface area contributed by atoms with Crippen LogP contribution < -0.4 is 5.32 Å². The van der Waals surface area contributed by atoms with Gasteiger partial charge in [-0.2, -0.15) is 0 Å². The van der Waals surface area contributed by atoms with Crippen molar-refractivity contribution >= 4 is 17.5 Å². The summed E-state index contributed by atoms with van der Waals surface area (Å²) in [7, 11) is 0. The maximum absolute atomic E-state index is 13.0. The molecule has 2 atom stereocenters. The Labute approximate surface area is 175 Å². The SMILES string of the molecule is O=C(c1cc(Cl)c(O)cc1O)N1CCCC1c1ccc(CN[C@H]2CCOC2)cc1. The third-order valence-electron chi connectivity index (χ3n) is 5.70. The zero-order valence-corrected chi connectivity index (χ0v) is 16.9. The molecule has 154 valence electrons. The number of ether oxygens (including phenoxy) is 1. The molecule has 2 aromatic carbocycles. The van der Waals surface area contributed by atoms with E-state index in [1.54, 1.807) is 4.90 Å². The molecule has 29 heavy (non-hydrogen) atoms. The third kappa shape index (κ3) is 4.34. The molecular weight excluding hydrogens is 392 g/mol. The van der Waals surface area contributed by atoms with Gasteiger partial charge in [0.1, 0.15) is 11.5 Å². The molecule has 7 heteroatoms. The van der Waals surface area contributed by atoms with Crippen LogP contribution >= 0.6 is 11.6 Å². The van der Waals surface area contributed by atoms with Crippen LogP contribution in [-0.4, -0.2) is 46.8 Å². The van der Waals surface area contributed by atoms with Gasteiger partial charge in [0.25, 0.3) is 5.91 Å². The summed E-state index contributed by atoms with van der Waals surface area (Å²) in [4.78, 5) is 14.8. The summed E-state index contributed by atoms with van der Waals surface area (Å²) >= 11 is 5.94. The second kappa shape index (κ2) is 8.61. The number of hydrogen-bond acceptors (Lipinski definition) is 5. The minimum Gasteiger partial charge on any atom is -0.507 e. The number of likely N-dealkylation sites (tertiary alicyclic amines) is 1. The van der Waals surface area contributed by atoms with Crippen molar-refractivity contribution in [3.05, 3.63) is 58.1 Å². The monoisotopic (exact) mass is 416 g/mol. The van der Waals surface area contributed by atoms with Crippen molar-refractivity contribution in [2.24, 2.45) is 0 Å². The molecule has 3 N–H and O–H groups in total. The minimum absolute atomic E-state index is 0.0419. The van der Waals surface area contributed by atoms with Crippen molar-refractivity contribution < 1.29 is 19.7 Å². The molecule has 2 aliphatic heterocycles. The maximum atomic E-state index is 13.0. The molecule has 0 spiro atoms. The summed E-state index contributed by atoms with van der Waals surface area (Å²) in [5, 5.41) is 23.3. The molecule has 0 bridgehead atoms. The van der Waals surface area contributed by atoms with Gasteiger partial charge in [0.15, 0.2) is 0 Å². The van der Waals surface area contributed by atoms with Crippen LogP contribution in [0.15, 0.2) is 36.4 Å². The topological polar surface area (TPSA) is 82.0 Å². The van der Waals surface area contributed by atoms with E-state index in [2.05, 4.69) is 29.6 Å². The second-order valence-corrected chi connectivity index (χ2v) is 8.07. The van der Waals surface area contributed by atoms with Crippen LogP contribution in [0.3, 0.4) is 0 Å². The Balaban J connectivity index is 1.46. The lowest BCUT2D eigenvalue weighted by molar-refractivity contribution is 0.0732. The Morgan fingerprint density at radius 1 is 1.17 bits per heavy atom. The van der Waals surface area contributed by atoms with Gasteiger partial charge in [0.2, 0.25) is 0 Å². The second-order valence-electron chi connectivity index (χ2n) is 7.66. The Hall–Kier alpha value is -2.28. The molecular formula is C22H25ClN2O4. The molecule has 0 aromatic heterocycles. The number of amides is 1. The Morgan fingerprint density at radius 3 is 2.69 bits per heavy atom. The molecule has 6 nitrogen and oxygen atoms in total. The predicted molar refractivity (Wildman–Crippen MR) is 110 cm³/mol. The Bertz CT molecular complexity index is 881. The molecule has 2 heterocycles. The lowest BCUT2D eigenvalue weighted by Crippen LogP contribution is -2.30. The average Bonchev–Trinajstić information content (AvgIpc) is 3.41. The molecule has 1 unspecified atom stereocenters. The first-order valence-electron chi connectivity index (χ1n) is 9.95. The van der Waals surface area contributed by atoms with E-state index in [1.807, 2.05) is 0 Å². The lowest BCUT2D eigenvalue weighted by atomic mass is 10.0. The molecule has 2 aromatic rings. The van der Waals surface area contributed by atoms with Crippen LogP contribution in [0, 0.1) is 0 Å². The van der Waals surface area contributed by atoms with Crippen molar-refractivity contribution in [2.45, 2.75) is 37.9 Å². The van der Waals surface area contributed by atoms with Crippen LogP contribution in [-0.2, 0) is 11.3 Å². The number of rotatable bonds is 5. The number of nitrogens with zero attached hydrogens (tertiary/aromatic N) is 1. The number of benzene rings is 2. The van der Waals surface area contributed by atoms with Crippen molar-refractivity contribution in [3.63, 3.8) is 0 Å². The van der Waals surface area contributed by atoms with Gasteiger partial charge >= 0.3 is 0 Å². The Morgan fingerprint density at radius 2 is 1.97 bits per heavy atom. The molecule has 2 fully saturated rings. The number of phenols is 2. The summed E-state index contributed by atoms with van der Waals surface area (Å²) < 4.78 is 5.39. The van der Waals surface area contributed by atoms with Gasteiger partial charge in [-0.15, -0.1) is 0 Å². The summed E-state index contributed by atoms with van der Waals surface area (Å²) in [6.07, 6.45) is 2.81. The van der Waals surface area contributed by atoms with E-state index >= 15 is 0 Å². The van der Waals surface area contributed by atoms with Gasteiger partial charge in [-0.05, 0) is 36.5 Å². The molecule has 0 aliphatic carbocycles. The van der Waals surface area contributed by atoms with E-state index in [0.29, 0.717) is 12.6 Å². The van der Waals surface area contributed by atoms with Gasteiger partial charge in [-0.3, -0.25) is 4.79 Å². The van der Waals surface area contributed by atoms with E-state index in [-0.39, 0.29) is 34.0 Å². The van der Waals surface area contributed by atoms with Crippen molar-refractivity contribution in [1.29, 1.82) is 0 Å². The van der Waals surface area contributed by atoms with E-state index in [1.165, 1.54) is 11.6 Å². The number of aromatic hydroxyl groups is 2. The largest absolute Gasteiger partial charge is 0.507 e.